The smallest absolute Gasteiger partial charge is 0.310 e. The summed E-state index contributed by atoms with van der Waals surface area (Å²) in [6.07, 6.45) is 0.961. The first-order valence-corrected chi connectivity index (χ1v) is 9.45. The quantitative estimate of drug-likeness (QED) is 0.485. The summed E-state index contributed by atoms with van der Waals surface area (Å²) < 4.78 is 50.4. The molecular formula is C8H16ClNO6S2. The summed E-state index contributed by atoms with van der Waals surface area (Å²) in [4.78, 5) is 11.5. The first-order chi connectivity index (χ1) is 8.05. The van der Waals surface area contributed by atoms with Crippen LogP contribution in [-0.4, -0.2) is 48.0 Å². The lowest BCUT2D eigenvalue weighted by molar-refractivity contribution is -0.147. The average molecular weight is 322 g/mol. The second-order valence-electron chi connectivity index (χ2n) is 3.61. The topological polar surface area (TPSA) is 107 Å². The van der Waals surface area contributed by atoms with E-state index in [1.54, 1.807) is 6.92 Å². The third kappa shape index (κ3) is 9.63. The first-order valence-electron chi connectivity index (χ1n) is 5.08. The van der Waals surface area contributed by atoms with Crippen molar-refractivity contribution in [3.8, 4) is 0 Å². The zero-order valence-corrected chi connectivity index (χ0v) is 12.4. The van der Waals surface area contributed by atoms with Gasteiger partial charge in [-0.25, -0.2) is 21.6 Å². The fourth-order valence-corrected chi connectivity index (χ4v) is 2.92. The van der Waals surface area contributed by atoms with Crippen LogP contribution >= 0.6 is 10.7 Å². The van der Waals surface area contributed by atoms with Crippen molar-refractivity contribution in [2.45, 2.75) is 13.3 Å². The number of carbonyl (C=O) groups excluding carboxylic acids is 1. The van der Waals surface area contributed by atoms with Crippen LogP contribution in [0.4, 0.5) is 0 Å². The molecule has 0 aliphatic rings. The van der Waals surface area contributed by atoms with Crippen LogP contribution in [0.2, 0.25) is 0 Å². The number of carbonyl (C=O) groups is 1. The first kappa shape index (κ1) is 17.6. The lowest BCUT2D eigenvalue weighted by Crippen LogP contribution is -2.30. The van der Waals surface area contributed by atoms with Gasteiger partial charge in [-0.15, -0.1) is 0 Å². The molecular weight excluding hydrogens is 306 g/mol. The molecule has 0 saturated carbocycles. The predicted molar refractivity (Wildman–Crippen MR) is 67.2 cm³/mol. The Balaban J connectivity index is 4.53. The van der Waals surface area contributed by atoms with E-state index < -0.39 is 36.7 Å². The number of esters is 1. The monoisotopic (exact) mass is 321 g/mol. The minimum atomic E-state index is -3.86. The SMILES string of the molecule is CCOC(=O)C(CCNS(C)(=O)=O)CS(=O)(=O)Cl. The van der Waals surface area contributed by atoms with Gasteiger partial charge in [-0.2, -0.15) is 0 Å². The van der Waals surface area contributed by atoms with E-state index in [-0.39, 0.29) is 19.6 Å². The van der Waals surface area contributed by atoms with Crippen LogP contribution in [0.25, 0.3) is 0 Å². The third-order valence-corrected chi connectivity index (χ3v) is 3.78. The molecule has 1 N–H and O–H groups in total. The summed E-state index contributed by atoms with van der Waals surface area (Å²) in [5.41, 5.74) is 0. The van der Waals surface area contributed by atoms with Gasteiger partial charge in [0.15, 0.2) is 0 Å². The molecule has 1 unspecified atom stereocenters. The zero-order valence-electron chi connectivity index (χ0n) is 10.0. The van der Waals surface area contributed by atoms with Gasteiger partial charge in [0.05, 0.1) is 24.5 Å². The molecule has 0 aliphatic carbocycles. The maximum absolute atomic E-state index is 11.5. The number of nitrogens with one attached hydrogen (secondary N) is 1. The Morgan fingerprint density at radius 3 is 2.28 bits per heavy atom. The highest BCUT2D eigenvalue weighted by Gasteiger charge is 2.25. The molecule has 7 nitrogen and oxygen atoms in total. The number of rotatable bonds is 8. The van der Waals surface area contributed by atoms with Gasteiger partial charge in [0.25, 0.3) is 0 Å². The second kappa shape index (κ2) is 7.27. The fourth-order valence-electron chi connectivity index (χ4n) is 1.19. The highest BCUT2D eigenvalue weighted by atomic mass is 35.7. The molecule has 0 aromatic carbocycles. The van der Waals surface area contributed by atoms with Gasteiger partial charge in [0.1, 0.15) is 0 Å². The number of hydrogen-bond donors (Lipinski definition) is 1. The summed E-state index contributed by atoms with van der Waals surface area (Å²) in [6, 6.07) is 0. The Kier molecular flexibility index (Phi) is 7.11. The van der Waals surface area contributed by atoms with E-state index in [9.17, 15) is 21.6 Å². The van der Waals surface area contributed by atoms with E-state index in [0.29, 0.717) is 0 Å². The van der Waals surface area contributed by atoms with E-state index in [2.05, 4.69) is 4.72 Å². The lowest BCUT2D eigenvalue weighted by atomic mass is 10.1. The van der Waals surface area contributed by atoms with Crippen molar-refractivity contribution in [3.63, 3.8) is 0 Å². The van der Waals surface area contributed by atoms with E-state index >= 15 is 0 Å². The van der Waals surface area contributed by atoms with Crippen molar-refractivity contribution >= 4 is 35.7 Å². The van der Waals surface area contributed by atoms with Gasteiger partial charge in [-0.3, -0.25) is 4.79 Å². The highest BCUT2D eigenvalue weighted by molar-refractivity contribution is 8.13. The molecule has 0 aromatic rings. The molecule has 0 radical (unpaired) electrons. The Morgan fingerprint density at radius 1 is 1.33 bits per heavy atom. The summed E-state index contributed by atoms with van der Waals surface area (Å²) in [6.45, 7) is 1.63. The maximum atomic E-state index is 11.5. The number of halogens is 1. The van der Waals surface area contributed by atoms with Crippen molar-refractivity contribution in [1.29, 1.82) is 0 Å². The molecule has 0 saturated heterocycles. The molecule has 0 aromatic heterocycles. The van der Waals surface area contributed by atoms with Crippen LogP contribution in [0.1, 0.15) is 13.3 Å². The Hall–Kier alpha value is -0.380. The molecule has 1 atom stereocenters. The molecule has 108 valence electrons. The second-order valence-corrected chi connectivity index (χ2v) is 8.26. The molecule has 0 bridgehead atoms. The van der Waals surface area contributed by atoms with Gasteiger partial charge in [-0.05, 0) is 13.3 Å². The van der Waals surface area contributed by atoms with Crippen molar-refractivity contribution in [2.75, 3.05) is 25.2 Å². The summed E-state index contributed by atoms with van der Waals surface area (Å²) in [5.74, 6) is -2.28. The van der Waals surface area contributed by atoms with Gasteiger partial charge in [0, 0.05) is 17.2 Å². The highest BCUT2D eigenvalue weighted by Crippen LogP contribution is 2.12. The van der Waals surface area contributed by atoms with E-state index in [1.165, 1.54) is 0 Å². The van der Waals surface area contributed by atoms with Gasteiger partial charge < -0.3 is 4.74 Å². The van der Waals surface area contributed by atoms with Crippen LogP contribution in [0.3, 0.4) is 0 Å². The van der Waals surface area contributed by atoms with Gasteiger partial charge >= 0.3 is 5.97 Å². The van der Waals surface area contributed by atoms with Gasteiger partial charge in [-0.1, -0.05) is 0 Å². The van der Waals surface area contributed by atoms with Crippen molar-refractivity contribution < 1.29 is 26.4 Å². The predicted octanol–water partition coefficient (Wildman–Crippen LogP) is -0.326. The fraction of sp³-hybridized carbons (Fsp3) is 0.875. The molecule has 18 heavy (non-hydrogen) atoms. The Bertz CT molecular complexity index is 472. The van der Waals surface area contributed by atoms with Crippen molar-refractivity contribution in [3.05, 3.63) is 0 Å². The van der Waals surface area contributed by atoms with E-state index in [0.717, 1.165) is 6.26 Å². The zero-order chi connectivity index (χ0) is 14.4. The number of sulfonamides is 1. The van der Waals surface area contributed by atoms with Crippen LogP contribution in [0.15, 0.2) is 0 Å². The molecule has 0 aliphatic heterocycles. The largest absolute Gasteiger partial charge is 0.466 e. The van der Waals surface area contributed by atoms with Crippen molar-refractivity contribution in [1.82, 2.24) is 4.72 Å². The van der Waals surface area contributed by atoms with Crippen molar-refractivity contribution in [2.24, 2.45) is 5.92 Å². The third-order valence-electron chi connectivity index (χ3n) is 1.88. The molecule has 0 fully saturated rings. The van der Waals surface area contributed by atoms with Crippen LogP contribution in [0, 0.1) is 5.92 Å². The van der Waals surface area contributed by atoms with Gasteiger partial charge in [0.2, 0.25) is 19.1 Å². The Morgan fingerprint density at radius 2 is 1.89 bits per heavy atom. The minimum Gasteiger partial charge on any atom is -0.466 e. The average Bonchev–Trinajstić information content (AvgIpc) is 2.12. The summed E-state index contributed by atoms with van der Waals surface area (Å²) in [5, 5.41) is 0. The molecule has 0 heterocycles. The summed E-state index contributed by atoms with van der Waals surface area (Å²) >= 11 is 0. The molecule has 0 amide bonds. The number of ether oxygens (including phenoxy) is 1. The molecule has 0 spiro atoms. The maximum Gasteiger partial charge on any atom is 0.310 e. The minimum absolute atomic E-state index is 0.00213. The normalized spacial score (nSPS) is 14.2. The lowest BCUT2D eigenvalue weighted by Gasteiger charge is -2.13. The standard InChI is InChI=1S/C8H16ClNO6S2/c1-3-16-8(11)7(6-18(9,14)15)4-5-10-17(2,12)13/h7,10H,3-6H2,1-2H3. The van der Waals surface area contributed by atoms with Crippen LogP contribution in [0.5, 0.6) is 0 Å². The van der Waals surface area contributed by atoms with Crippen LogP contribution < -0.4 is 4.72 Å². The number of hydrogen-bond acceptors (Lipinski definition) is 6. The molecule has 10 heteroatoms. The van der Waals surface area contributed by atoms with E-state index in [4.69, 9.17) is 15.4 Å². The Labute approximate surface area is 111 Å². The molecule has 0 rings (SSSR count). The summed E-state index contributed by atoms with van der Waals surface area (Å²) in [7, 11) is -2.18. The van der Waals surface area contributed by atoms with E-state index in [1.807, 2.05) is 0 Å². The van der Waals surface area contributed by atoms with Crippen LogP contribution in [-0.2, 0) is 28.6 Å².